The van der Waals surface area contributed by atoms with Crippen molar-refractivity contribution >= 4 is 21.4 Å². The smallest absolute Gasteiger partial charge is 0.236 e. The highest BCUT2D eigenvalue weighted by molar-refractivity contribution is 7.91. The van der Waals surface area contributed by atoms with E-state index in [0.29, 0.717) is 32.6 Å². The summed E-state index contributed by atoms with van der Waals surface area (Å²) in [4.78, 5) is 18.9. The van der Waals surface area contributed by atoms with Gasteiger partial charge in [0.2, 0.25) is 5.91 Å². The van der Waals surface area contributed by atoms with Crippen LogP contribution in [-0.2, 0) is 14.6 Å². The number of carbonyl (C=O) groups is 1. The largest absolute Gasteiger partial charge is 0.495 e. The monoisotopic (exact) mass is 395 g/mol. The Hall–Kier alpha value is -1.80. The predicted octanol–water partition coefficient (Wildman–Crippen LogP) is 0.853. The molecule has 0 aromatic heterocycles. The Labute approximate surface area is 161 Å². The van der Waals surface area contributed by atoms with E-state index in [0.717, 1.165) is 24.5 Å². The molecule has 0 spiro atoms. The van der Waals surface area contributed by atoms with Crippen LogP contribution in [-0.4, -0.2) is 88.1 Å². The number of piperazine rings is 1. The standard InChI is InChI=1S/C19H29N3O4S/c1-3-20(16-8-13-27(24,25)15-16)14-19(23)22-11-9-21(10-12-22)17-6-4-5-7-18(17)26-2/h4-7,16H,3,8-15H2,1-2H3. The minimum Gasteiger partial charge on any atom is -0.495 e. The molecule has 3 rings (SSSR count). The molecule has 2 aliphatic rings. The van der Waals surface area contributed by atoms with Gasteiger partial charge in [-0.25, -0.2) is 8.42 Å². The van der Waals surface area contributed by atoms with E-state index >= 15 is 0 Å². The molecular formula is C19H29N3O4S. The van der Waals surface area contributed by atoms with Crippen molar-refractivity contribution in [3.05, 3.63) is 24.3 Å². The zero-order valence-electron chi connectivity index (χ0n) is 16.1. The molecule has 2 heterocycles. The van der Waals surface area contributed by atoms with Crippen LogP contribution in [0.25, 0.3) is 0 Å². The van der Waals surface area contributed by atoms with Crippen LogP contribution in [0.5, 0.6) is 5.75 Å². The van der Waals surface area contributed by atoms with Crippen molar-refractivity contribution in [2.75, 3.05) is 62.8 Å². The molecule has 1 atom stereocenters. The summed E-state index contributed by atoms with van der Waals surface area (Å²) < 4.78 is 28.9. The molecule has 0 aliphatic carbocycles. The highest BCUT2D eigenvalue weighted by Gasteiger charge is 2.33. The predicted molar refractivity (Wildman–Crippen MR) is 106 cm³/mol. The van der Waals surface area contributed by atoms with Gasteiger partial charge >= 0.3 is 0 Å². The van der Waals surface area contributed by atoms with E-state index in [2.05, 4.69) is 4.90 Å². The molecule has 1 aromatic rings. The van der Waals surface area contributed by atoms with E-state index in [1.165, 1.54) is 0 Å². The van der Waals surface area contributed by atoms with E-state index in [1.807, 2.05) is 41.0 Å². The molecule has 2 fully saturated rings. The van der Waals surface area contributed by atoms with E-state index in [4.69, 9.17) is 4.74 Å². The Kier molecular flexibility index (Phi) is 6.26. The fourth-order valence-electron chi connectivity index (χ4n) is 3.92. The lowest BCUT2D eigenvalue weighted by Crippen LogP contribution is -2.52. The number of rotatable bonds is 6. The lowest BCUT2D eigenvalue weighted by atomic mass is 10.2. The van der Waals surface area contributed by atoms with Crippen molar-refractivity contribution in [3.63, 3.8) is 0 Å². The molecule has 0 radical (unpaired) electrons. The van der Waals surface area contributed by atoms with Crippen LogP contribution in [0.3, 0.4) is 0 Å². The number of ether oxygens (including phenoxy) is 1. The maximum Gasteiger partial charge on any atom is 0.236 e. The van der Waals surface area contributed by atoms with Gasteiger partial charge in [-0.05, 0) is 25.1 Å². The number of likely N-dealkylation sites (N-methyl/N-ethyl adjacent to an activating group) is 1. The number of sulfone groups is 1. The zero-order chi connectivity index (χ0) is 19.4. The molecule has 27 heavy (non-hydrogen) atoms. The van der Waals surface area contributed by atoms with Gasteiger partial charge < -0.3 is 14.5 Å². The van der Waals surface area contributed by atoms with Crippen LogP contribution in [0.1, 0.15) is 13.3 Å². The molecule has 1 amide bonds. The maximum absolute atomic E-state index is 12.7. The highest BCUT2D eigenvalue weighted by atomic mass is 32.2. The van der Waals surface area contributed by atoms with Gasteiger partial charge in [0.05, 0.1) is 30.8 Å². The number of anilines is 1. The molecule has 0 saturated carbocycles. The topological polar surface area (TPSA) is 70.2 Å². The lowest BCUT2D eigenvalue weighted by Gasteiger charge is -2.38. The van der Waals surface area contributed by atoms with Crippen molar-refractivity contribution in [1.82, 2.24) is 9.80 Å². The summed E-state index contributed by atoms with van der Waals surface area (Å²) in [7, 11) is -1.27. The number of nitrogens with zero attached hydrogens (tertiary/aromatic N) is 3. The minimum atomic E-state index is -2.94. The van der Waals surface area contributed by atoms with E-state index < -0.39 is 9.84 Å². The van der Waals surface area contributed by atoms with Crippen LogP contribution in [0, 0.1) is 0 Å². The first-order valence-electron chi connectivity index (χ1n) is 9.53. The molecule has 2 saturated heterocycles. The normalized spacial score (nSPS) is 22.3. The summed E-state index contributed by atoms with van der Waals surface area (Å²) in [5, 5.41) is 0. The molecule has 1 aromatic carbocycles. The molecule has 0 bridgehead atoms. The number of amides is 1. The molecule has 1 unspecified atom stereocenters. The van der Waals surface area contributed by atoms with Gasteiger partial charge in [0.15, 0.2) is 9.84 Å². The molecule has 2 aliphatic heterocycles. The number of methoxy groups -OCH3 is 1. The van der Waals surface area contributed by atoms with Crippen LogP contribution in [0.15, 0.2) is 24.3 Å². The third-order valence-corrected chi connectivity index (χ3v) is 7.28. The number of para-hydroxylation sites is 2. The number of hydrogen-bond acceptors (Lipinski definition) is 6. The minimum absolute atomic E-state index is 0.0289. The summed E-state index contributed by atoms with van der Waals surface area (Å²) in [6.45, 7) is 5.82. The van der Waals surface area contributed by atoms with Gasteiger partial charge in [0, 0.05) is 32.2 Å². The third kappa shape index (κ3) is 4.73. The second-order valence-electron chi connectivity index (χ2n) is 7.16. The Morgan fingerprint density at radius 1 is 1.22 bits per heavy atom. The first-order chi connectivity index (χ1) is 12.9. The van der Waals surface area contributed by atoms with E-state index in [9.17, 15) is 13.2 Å². The Balaban J connectivity index is 1.55. The fraction of sp³-hybridized carbons (Fsp3) is 0.632. The number of carbonyl (C=O) groups excluding carboxylic acids is 1. The molecule has 8 heteroatoms. The average molecular weight is 396 g/mol. The Morgan fingerprint density at radius 3 is 2.52 bits per heavy atom. The first-order valence-corrected chi connectivity index (χ1v) is 11.4. The Morgan fingerprint density at radius 2 is 1.93 bits per heavy atom. The zero-order valence-corrected chi connectivity index (χ0v) is 17.0. The number of benzene rings is 1. The third-order valence-electron chi connectivity index (χ3n) is 5.53. The summed E-state index contributed by atoms with van der Waals surface area (Å²) in [5.74, 6) is 1.34. The molecule has 150 valence electrons. The van der Waals surface area contributed by atoms with Crippen molar-refractivity contribution in [1.29, 1.82) is 0 Å². The highest BCUT2D eigenvalue weighted by Crippen LogP contribution is 2.28. The molecule has 0 N–H and O–H groups in total. The number of hydrogen-bond donors (Lipinski definition) is 0. The van der Waals surface area contributed by atoms with Gasteiger partial charge in [-0.2, -0.15) is 0 Å². The van der Waals surface area contributed by atoms with Crippen molar-refractivity contribution < 1.29 is 17.9 Å². The SMILES string of the molecule is CCN(CC(=O)N1CCN(c2ccccc2OC)CC1)C1CCS(=O)(=O)C1. The summed E-state index contributed by atoms with van der Waals surface area (Å²) in [5.41, 5.74) is 1.05. The fourth-order valence-corrected chi connectivity index (χ4v) is 5.69. The van der Waals surface area contributed by atoms with Gasteiger partial charge in [-0.15, -0.1) is 0 Å². The van der Waals surface area contributed by atoms with Gasteiger partial charge in [0.1, 0.15) is 5.75 Å². The van der Waals surface area contributed by atoms with E-state index in [-0.39, 0.29) is 23.5 Å². The van der Waals surface area contributed by atoms with Crippen LogP contribution < -0.4 is 9.64 Å². The van der Waals surface area contributed by atoms with Gasteiger partial charge in [-0.1, -0.05) is 19.1 Å². The van der Waals surface area contributed by atoms with Gasteiger partial charge in [-0.3, -0.25) is 9.69 Å². The van der Waals surface area contributed by atoms with Crippen LogP contribution in [0.2, 0.25) is 0 Å². The van der Waals surface area contributed by atoms with Crippen LogP contribution in [0.4, 0.5) is 5.69 Å². The summed E-state index contributed by atoms with van der Waals surface area (Å²) >= 11 is 0. The lowest BCUT2D eigenvalue weighted by molar-refractivity contribution is -0.133. The maximum atomic E-state index is 12.7. The van der Waals surface area contributed by atoms with E-state index in [1.54, 1.807) is 7.11 Å². The molecule has 7 nitrogen and oxygen atoms in total. The quantitative estimate of drug-likeness (QED) is 0.711. The summed E-state index contributed by atoms with van der Waals surface area (Å²) in [6, 6.07) is 7.89. The first kappa shape index (κ1) is 19.9. The molecular weight excluding hydrogens is 366 g/mol. The summed E-state index contributed by atoms with van der Waals surface area (Å²) in [6.07, 6.45) is 0.630. The second kappa shape index (κ2) is 8.48. The van der Waals surface area contributed by atoms with Gasteiger partial charge in [0.25, 0.3) is 0 Å². The average Bonchev–Trinajstić information content (AvgIpc) is 3.05. The van der Waals surface area contributed by atoms with Crippen molar-refractivity contribution in [3.8, 4) is 5.75 Å². The Bertz CT molecular complexity index is 760. The van der Waals surface area contributed by atoms with Crippen molar-refractivity contribution in [2.24, 2.45) is 0 Å². The van der Waals surface area contributed by atoms with Crippen molar-refractivity contribution in [2.45, 2.75) is 19.4 Å². The van der Waals surface area contributed by atoms with Crippen LogP contribution >= 0.6 is 0 Å². The second-order valence-corrected chi connectivity index (χ2v) is 9.39.